The van der Waals surface area contributed by atoms with E-state index in [0.717, 1.165) is 23.5 Å². The first-order valence-electron chi connectivity index (χ1n) is 6.46. The summed E-state index contributed by atoms with van der Waals surface area (Å²) in [7, 11) is 0. The van der Waals surface area contributed by atoms with Gasteiger partial charge in [-0.15, -0.1) is 0 Å². The van der Waals surface area contributed by atoms with Gasteiger partial charge in [-0.2, -0.15) is 9.49 Å². The maximum absolute atomic E-state index is 13.1. The Morgan fingerprint density at radius 1 is 1.37 bits per heavy atom. The fourth-order valence-electron chi connectivity index (χ4n) is 2.43. The zero-order chi connectivity index (χ0) is 14.0. The molecule has 0 saturated carbocycles. The SMILES string of the molecule is CCn1nc(C)c(C(C)Nc2cccc(F)n2)c1C. The van der Waals surface area contributed by atoms with Gasteiger partial charge in [0, 0.05) is 17.8 Å². The monoisotopic (exact) mass is 262 g/mol. The molecule has 0 spiro atoms. The third-order valence-corrected chi connectivity index (χ3v) is 3.25. The third kappa shape index (κ3) is 2.75. The van der Waals surface area contributed by atoms with Gasteiger partial charge in [-0.3, -0.25) is 4.68 Å². The molecule has 5 heteroatoms. The molecule has 0 bridgehead atoms. The Balaban J connectivity index is 2.25. The molecule has 0 aliphatic carbocycles. The summed E-state index contributed by atoms with van der Waals surface area (Å²) in [5.74, 6) is 0.0606. The van der Waals surface area contributed by atoms with Gasteiger partial charge in [-0.05, 0) is 39.8 Å². The van der Waals surface area contributed by atoms with Crippen LogP contribution in [0.25, 0.3) is 0 Å². The van der Waals surface area contributed by atoms with Crippen molar-refractivity contribution in [3.8, 4) is 0 Å². The molecule has 1 atom stereocenters. The molecule has 102 valence electrons. The van der Waals surface area contributed by atoms with Crippen LogP contribution in [0.2, 0.25) is 0 Å². The number of pyridine rings is 1. The zero-order valence-corrected chi connectivity index (χ0v) is 11.7. The Labute approximate surface area is 112 Å². The second-order valence-corrected chi connectivity index (χ2v) is 4.61. The lowest BCUT2D eigenvalue weighted by Crippen LogP contribution is -2.10. The first-order chi connectivity index (χ1) is 9.02. The Hall–Kier alpha value is -1.91. The number of aromatic nitrogens is 3. The molecule has 0 aliphatic rings. The summed E-state index contributed by atoms with van der Waals surface area (Å²) in [5, 5.41) is 7.70. The molecule has 1 unspecified atom stereocenters. The summed E-state index contributed by atoms with van der Waals surface area (Å²) in [6.45, 7) is 8.98. The van der Waals surface area contributed by atoms with Gasteiger partial charge in [0.1, 0.15) is 5.82 Å². The van der Waals surface area contributed by atoms with Gasteiger partial charge in [-0.25, -0.2) is 4.98 Å². The van der Waals surface area contributed by atoms with Gasteiger partial charge in [0.05, 0.1) is 11.7 Å². The molecule has 0 radical (unpaired) electrons. The lowest BCUT2D eigenvalue weighted by atomic mass is 10.1. The highest BCUT2D eigenvalue weighted by Gasteiger charge is 2.17. The lowest BCUT2D eigenvalue weighted by Gasteiger charge is -2.15. The maximum Gasteiger partial charge on any atom is 0.214 e. The average Bonchev–Trinajstić information content (AvgIpc) is 2.64. The van der Waals surface area contributed by atoms with Crippen LogP contribution in [-0.2, 0) is 6.54 Å². The Bertz CT molecular complexity index is 577. The van der Waals surface area contributed by atoms with Crippen molar-refractivity contribution in [1.29, 1.82) is 0 Å². The van der Waals surface area contributed by atoms with Crippen LogP contribution in [-0.4, -0.2) is 14.8 Å². The molecule has 2 heterocycles. The van der Waals surface area contributed by atoms with Crippen LogP contribution in [0.4, 0.5) is 10.2 Å². The van der Waals surface area contributed by atoms with E-state index in [2.05, 4.69) is 29.2 Å². The van der Waals surface area contributed by atoms with Crippen molar-refractivity contribution in [2.75, 3.05) is 5.32 Å². The zero-order valence-electron chi connectivity index (χ0n) is 11.7. The average molecular weight is 262 g/mol. The van der Waals surface area contributed by atoms with Crippen LogP contribution in [0.5, 0.6) is 0 Å². The largest absolute Gasteiger partial charge is 0.363 e. The summed E-state index contributed by atoms with van der Waals surface area (Å²) < 4.78 is 15.0. The summed E-state index contributed by atoms with van der Waals surface area (Å²) in [5.41, 5.74) is 3.28. The third-order valence-electron chi connectivity index (χ3n) is 3.25. The number of rotatable bonds is 4. The second kappa shape index (κ2) is 5.38. The van der Waals surface area contributed by atoms with Crippen LogP contribution in [0.1, 0.15) is 36.8 Å². The molecule has 0 aromatic carbocycles. The molecule has 2 aromatic heterocycles. The number of nitrogens with zero attached hydrogens (tertiary/aromatic N) is 3. The molecule has 19 heavy (non-hydrogen) atoms. The van der Waals surface area contributed by atoms with Gasteiger partial charge in [-0.1, -0.05) is 6.07 Å². The molecule has 0 aliphatic heterocycles. The number of nitrogens with one attached hydrogen (secondary N) is 1. The number of hydrogen-bond acceptors (Lipinski definition) is 3. The van der Waals surface area contributed by atoms with Gasteiger partial charge in [0.15, 0.2) is 0 Å². The number of anilines is 1. The number of hydrogen-bond donors (Lipinski definition) is 1. The van der Waals surface area contributed by atoms with Crippen molar-refractivity contribution in [3.63, 3.8) is 0 Å². The Kier molecular flexibility index (Phi) is 3.83. The quantitative estimate of drug-likeness (QED) is 0.860. The summed E-state index contributed by atoms with van der Waals surface area (Å²) in [6, 6.07) is 4.78. The van der Waals surface area contributed by atoms with E-state index in [0.29, 0.717) is 5.82 Å². The fourth-order valence-corrected chi connectivity index (χ4v) is 2.43. The summed E-state index contributed by atoms with van der Waals surface area (Å²) in [4.78, 5) is 3.82. The van der Waals surface area contributed by atoms with Crippen molar-refractivity contribution in [3.05, 3.63) is 41.1 Å². The molecule has 2 rings (SSSR count). The van der Waals surface area contributed by atoms with E-state index in [1.807, 2.05) is 18.5 Å². The smallest absolute Gasteiger partial charge is 0.214 e. The summed E-state index contributed by atoms with van der Waals surface area (Å²) >= 11 is 0. The Morgan fingerprint density at radius 3 is 2.68 bits per heavy atom. The molecular weight excluding hydrogens is 243 g/mol. The highest BCUT2D eigenvalue weighted by molar-refractivity contribution is 5.40. The minimum atomic E-state index is -0.477. The minimum absolute atomic E-state index is 0.0367. The van der Waals surface area contributed by atoms with Crippen molar-refractivity contribution < 1.29 is 4.39 Å². The van der Waals surface area contributed by atoms with Crippen molar-refractivity contribution in [2.24, 2.45) is 0 Å². The van der Waals surface area contributed by atoms with Crippen LogP contribution in [0.15, 0.2) is 18.2 Å². The van der Waals surface area contributed by atoms with Gasteiger partial charge < -0.3 is 5.32 Å². The van der Waals surface area contributed by atoms with E-state index in [4.69, 9.17) is 0 Å². The highest BCUT2D eigenvalue weighted by atomic mass is 19.1. The van der Waals surface area contributed by atoms with Gasteiger partial charge in [0.25, 0.3) is 0 Å². The standard InChI is InChI=1S/C14H19FN4/c1-5-19-11(4)14(10(3)18-19)9(2)16-13-8-6-7-12(15)17-13/h6-9H,5H2,1-4H3,(H,16,17). The maximum atomic E-state index is 13.1. The molecule has 2 aromatic rings. The van der Waals surface area contributed by atoms with Crippen molar-refractivity contribution in [1.82, 2.24) is 14.8 Å². The van der Waals surface area contributed by atoms with E-state index in [-0.39, 0.29) is 6.04 Å². The van der Waals surface area contributed by atoms with Crippen LogP contribution in [0.3, 0.4) is 0 Å². The van der Waals surface area contributed by atoms with Gasteiger partial charge in [0.2, 0.25) is 5.95 Å². The lowest BCUT2D eigenvalue weighted by molar-refractivity contribution is 0.584. The fraction of sp³-hybridized carbons (Fsp3) is 0.429. The van der Waals surface area contributed by atoms with E-state index in [9.17, 15) is 4.39 Å². The van der Waals surface area contributed by atoms with E-state index < -0.39 is 5.95 Å². The molecule has 1 N–H and O–H groups in total. The van der Waals surface area contributed by atoms with Crippen LogP contribution in [0, 0.1) is 19.8 Å². The Morgan fingerprint density at radius 2 is 2.11 bits per heavy atom. The summed E-state index contributed by atoms with van der Waals surface area (Å²) in [6.07, 6.45) is 0. The molecule has 4 nitrogen and oxygen atoms in total. The highest BCUT2D eigenvalue weighted by Crippen LogP contribution is 2.24. The molecule has 0 fully saturated rings. The molecule has 0 saturated heterocycles. The normalized spacial score (nSPS) is 12.5. The molecular formula is C14H19FN4. The second-order valence-electron chi connectivity index (χ2n) is 4.61. The van der Waals surface area contributed by atoms with E-state index in [1.54, 1.807) is 12.1 Å². The molecule has 0 amide bonds. The first kappa shape index (κ1) is 13.5. The van der Waals surface area contributed by atoms with Crippen molar-refractivity contribution >= 4 is 5.82 Å². The predicted octanol–water partition coefficient (Wildman–Crippen LogP) is 3.23. The van der Waals surface area contributed by atoms with Crippen molar-refractivity contribution in [2.45, 2.75) is 40.3 Å². The predicted molar refractivity (Wildman–Crippen MR) is 73.6 cm³/mol. The first-order valence-corrected chi connectivity index (χ1v) is 6.46. The minimum Gasteiger partial charge on any atom is -0.363 e. The van der Waals surface area contributed by atoms with Gasteiger partial charge >= 0.3 is 0 Å². The topological polar surface area (TPSA) is 42.7 Å². The number of aryl methyl sites for hydroxylation is 2. The van der Waals surface area contributed by atoms with E-state index in [1.165, 1.54) is 6.07 Å². The van der Waals surface area contributed by atoms with Crippen LogP contribution < -0.4 is 5.32 Å². The number of halogens is 1. The van der Waals surface area contributed by atoms with E-state index >= 15 is 0 Å². The van der Waals surface area contributed by atoms with Crippen LogP contribution >= 0.6 is 0 Å².